The van der Waals surface area contributed by atoms with Gasteiger partial charge in [-0.15, -0.1) is 0 Å². The summed E-state index contributed by atoms with van der Waals surface area (Å²) in [6.07, 6.45) is -2.04. The number of rotatable bonds is 6. The van der Waals surface area contributed by atoms with Crippen molar-refractivity contribution in [3.05, 3.63) is 69.7 Å². The topological polar surface area (TPSA) is 81.1 Å². The molecular formula is C21H22Cl2N2O4. The Hall–Kier alpha value is -2.12. The summed E-state index contributed by atoms with van der Waals surface area (Å²) >= 11 is 11.9. The molecule has 0 aliphatic carbocycles. The molecule has 0 bridgehead atoms. The van der Waals surface area contributed by atoms with Gasteiger partial charge < -0.3 is 20.0 Å². The van der Waals surface area contributed by atoms with E-state index in [2.05, 4.69) is 0 Å². The van der Waals surface area contributed by atoms with Gasteiger partial charge in [0.2, 0.25) is 11.8 Å². The van der Waals surface area contributed by atoms with Crippen molar-refractivity contribution in [2.24, 2.45) is 0 Å². The third-order valence-corrected chi connectivity index (χ3v) is 5.52. The van der Waals surface area contributed by atoms with Gasteiger partial charge in [-0.3, -0.25) is 9.59 Å². The molecule has 2 atom stereocenters. The van der Waals surface area contributed by atoms with Crippen LogP contribution in [0.15, 0.2) is 48.5 Å². The van der Waals surface area contributed by atoms with Crippen LogP contribution >= 0.6 is 23.2 Å². The second kappa shape index (κ2) is 9.13. The standard InChI is InChI=1S/C21H22Cl2N2O4/c1-24-20(14-4-8-16(23)9-5-14)25(18(26)10-11-19(27)28)17(21(24)29)12-13-2-6-15(22)7-3-13/h2-9,17,19-20,27-28H,10-12H2,1H3. The molecule has 6 nitrogen and oxygen atoms in total. The molecule has 0 saturated carbocycles. The summed E-state index contributed by atoms with van der Waals surface area (Å²) in [6, 6.07) is 13.4. The zero-order chi connectivity index (χ0) is 21.1. The highest BCUT2D eigenvalue weighted by atomic mass is 35.5. The molecule has 2 aromatic carbocycles. The third kappa shape index (κ3) is 4.90. The molecule has 1 aliphatic rings. The van der Waals surface area contributed by atoms with E-state index in [1.165, 1.54) is 9.80 Å². The first-order chi connectivity index (χ1) is 13.8. The summed E-state index contributed by atoms with van der Waals surface area (Å²) < 4.78 is 0. The van der Waals surface area contributed by atoms with E-state index >= 15 is 0 Å². The van der Waals surface area contributed by atoms with Crippen LogP contribution in [0.25, 0.3) is 0 Å². The van der Waals surface area contributed by atoms with Gasteiger partial charge in [0.1, 0.15) is 12.2 Å². The fourth-order valence-corrected chi connectivity index (χ4v) is 3.82. The zero-order valence-corrected chi connectivity index (χ0v) is 17.3. The lowest BCUT2D eigenvalue weighted by Gasteiger charge is -2.30. The highest BCUT2D eigenvalue weighted by Gasteiger charge is 2.47. The largest absolute Gasteiger partial charge is 0.368 e. The molecular weight excluding hydrogens is 415 g/mol. The third-order valence-electron chi connectivity index (χ3n) is 5.01. The van der Waals surface area contributed by atoms with Crippen molar-refractivity contribution in [1.82, 2.24) is 9.80 Å². The molecule has 2 unspecified atom stereocenters. The Balaban J connectivity index is 1.95. The average molecular weight is 437 g/mol. The predicted molar refractivity (Wildman–Crippen MR) is 110 cm³/mol. The van der Waals surface area contributed by atoms with Gasteiger partial charge in [-0.05, 0) is 35.4 Å². The van der Waals surface area contributed by atoms with Gasteiger partial charge >= 0.3 is 0 Å². The minimum atomic E-state index is -1.58. The normalized spacial score (nSPS) is 19.3. The molecule has 1 heterocycles. The Kier molecular flexibility index (Phi) is 6.80. The minimum absolute atomic E-state index is 0.0833. The van der Waals surface area contributed by atoms with E-state index in [1.807, 2.05) is 12.1 Å². The van der Waals surface area contributed by atoms with Crippen molar-refractivity contribution in [1.29, 1.82) is 0 Å². The summed E-state index contributed by atoms with van der Waals surface area (Å²) in [5.41, 5.74) is 1.62. The first-order valence-electron chi connectivity index (χ1n) is 9.22. The highest BCUT2D eigenvalue weighted by molar-refractivity contribution is 6.30. The van der Waals surface area contributed by atoms with Crippen molar-refractivity contribution in [2.45, 2.75) is 37.8 Å². The van der Waals surface area contributed by atoms with Crippen molar-refractivity contribution in [3.8, 4) is 0 Å². The maximum atomic E-state index is 13.1. The Morgan fingerprint density at radius 1 is 1.03 bits per heavy atom. The first kappa shape index (κ1) is 21.6. The van der Waals surface area contributed by atoms with Crippen LogP contribution < -0.4 is 0 Å². The summed E-state index contributed by atoms with van der Waals surface area (Å²) in [6.45, 7) is 0. The van der Waals surface area contributed by atoms with Crippen LogP contribution in [0.5, 0.6) is 0 Å². The molecule has 2 aromatic rings. The van der Waals surface area contributed by atoms with Gasteiger partial charge in [-0.25, -0.2) is 0 Å². The van der Waals surface area contributed by atoms with E-state index in [9.17, 15) is 9.59 Å². The Morgan fingerprint density at radius 2 is 1.59 bits per heavy atom. The Bertz CT molecular complexity index is 871. The number of carbonyl (C=O) groups excluding carboxylic acids is 2. The zero-order valence-electron chi connectivity index (χ0n) is 15.8. The summed E-state index contributed by atoms with van der Waals surface area (Å²) in [5.74, 6) is -0.507. The van der Waals surface area contributed by atoms with Gasteiger partial charge in [0.25, 0.3) is 0 Å². The van der Waals surface area contributed by atoms with Crippen LogP contribution in [0.3, 0.4) is 0 Å². The van der Waals surface area contributed by atoms with E-state index < -0.39 is 18.5 Å². The van der Waals surface area contributed by atoms with E-state index in [0.29, 0.717) is 16.5 Å². The van der Waals surface area contributed by atoms with Crippen LogP contribution in [0.2, 0.25) is 10.0 Å². The average Bonchev–Trinajstić information content (AvgIpc) is 2.93. The quantitative estimate of drug-likeness (QED) is 0.681. The lowest BCUT2D eigenvalue weighted by Crippen LogP contribution is -2.41. The summed E-state index contributed by atoms with van der Waals surface area (Å²) in [5, 5.41) is 19.5. The van der Waals surface area contributed by atoms with Gasteiger partial charge in [0, 0.05) is 36.4 Å². The number of amides is 2. The van der Waals surface area contributed by atoms with Crippen molar-refractivity contribution in [2.75, 3.05) is 7.05 Å². The van der Waals surface area contributed by atoms with Crippen LogP contribution in [0.4, 0.5) is 0 Å². The molecule has 154 valence electrons. The minimum Gasteiger partial charge on any atom is -0.368 e. The molecule has 2 N–H and O–H groups in total. The number of hydrogen-bond acceptors (Lipinski definition) is 4. The predicted octanol–water partition coefficient (Wildman–Crippen LogP) is 2.99. The molecule has 1 aliphatic heterocycles. The number of aliphatic hydroxyl groups is 2. The maximum Gasteiger partial charge on any atom is 0.247 e. The summed E-state index contributed by atoms with van der Waals surface area (Å²) in [4.78, 5) is 29.2. The molecule has 0 aromatic heterocycles. The monoisotopic (exact) mass is 436 g/mol. The van der Waals surface area contributed by atoms with Crippen molar-refractivity contribution < 1.29 is 19.8 Å². The maximum absolute atomic E-state index is 13.1. The van der Waals surface area contributed by atoms with Gasteiger partial charge in [0.05, 0.1) is 0 Å². The number of carbonyl (C=O) groups is 2. The number of aliphatic hydroxyl groups excluding tert-OH is 1. The van der Waals surface area contributed by atoms with Crippen LogP contribution in [0, 0.1) is 0 Å². The molecule has 0 radical (unpaired) electrons. The molecule has 29 heavy (non-hydrogen) atoms. The van der Waals surface area contributed by atoms with E-state index in [-0.39, 0.29) is 24.7 Å². The number of nitrogens with zero attached hydrogens (tertiary/aromatic N) is 2. The molecule has 1 fully saturated rings. The SMILES string of the molecule is CN1C(=O)C(Cc2ccc(Cl)cc2)N(C(=O)CCC(O)O)C1c1ccc(Cl)cc1. The molecule has 3 rings (SSSR count). The number of halogens is 2. The summed E-state index contributed by atoms with van der Waals surface area (Å²) in [7, 11) is 1.66. The van der Waals surface area contributed by atoms with Gasteiger partial charge in [-0.1, -0.05) is 47.5 Å². The fourth-order valence-electron chi connectivity index (χ4n) is 3.57. The second-order valence-corrected chi connectivity index (χ2v) is 7.91. The number of hydrogen-bond donors (Lipinski definition) is 2. The lowest BCUT2D eigenvalue weighted by molar-refractivity contribution is -0.138. The van der Waals surface area contributed by atoms with Crippen molar-refractivity contribution in [3.63, 3.8) is 0 Å². The van der Waals surface area contributed by atoms with Crippen LogP contribution in [-0.4, -0.2) is 51.2 Å². The molecule has 2 amide bonds. The lowest BCUT2D eigenvalue weighted by atomic mass is 10.0. The van der Waals surface area contributed by atoms with E-state index in [4.69, 9.17) is 33.4 Å². The fraction of sp³-hybridized carbons (Fsp3) is 0.333. The molecule has 1 saturated heterocycles. The van der Waals surface area contributed by atoms with E-state index in [1.54, 1.807) is 43.4 Å². The van der Waals surface area contributed by atoms with E-state index in [0.717, 1.165) is 11.1 Å². The second-order valence-electron chi connectivity index (χ2n) is 7.04. The van der Waals surface area contributed by atoms with Crippen molar-refractivity contribution >= 4 is 35.0 Å². The van der Waals surface area contributed by atoms with Crippen LogP contribution in [-0.2, 0) is 16.0 Å². The Labute approximate surface area is 179 Å². The Morgan fingerprint density at radius 3 is 2.14 bits per heavy atom. The van der Waals surface area contributed by atoms with Gasteiger partial charge in [0.15, 0.2) is 6.29 Å². The van der Waals surface area contributed by atoms with Crippen LogP contribution in [0.1, 0.15) is 30.1 Å². The number of likely N-dealkylation sites (N-methyl/N-ethyl adjacent to an activating group) is 1. The smallest absolute Gasteiger partial charge is 0.247 e. The molecule has 0 spiro atoms. The highest BCUT2D eigenvalue weighted by Crippen LogP contribution is 2.36. The number of benzene rings is 2. The first-order valence-corrected chi connectivity index (χ1v) is 9.97. The molecule has 8 heteroatoms. The van der Waals surface area contributed by atoms with Gasteiger partial charge in [-0.2, -0.15) is 0 Å².